The standard InChI is InChI=1S/C13H17F2NO/c1-17-12-4-2-3-10(7-12)8-13(14,15)11-5-6-16-9-11/h2-4,7,11,16H,5-6,8-9H2,1H3. The van der Waals surface area contributed by atoms with Crippen molar-refractivity contribution in [3.05, 3.63) is 29.8 Å². The van der Waals surface area contributed by atoms with Gasteiger partial charge in [-0.25, -0.2) is 8.78 Å². The third kappa shape index (κ3) is 2.94. The van der Waals surface area contributed by atoms with Gasteiger partial charge in [0.15, 0.2) is 0 Å². The van der Waals surface area contributed by atoms with Crippen LogP contribution < -0.4 is 10.1 Å². The molecule has 0 spiro atoms. The number of rotatable bonds is 4. The number of benzene rings is 1. The van der Waals surface area contributed by atoms with Gasteiger partial charge in [-0.1, -0.05) is 12.1 Å². The van der Waals surface area contributed by atoms with Crippen LogP contribution >= 0.6 is 0 Å². The van der Waals surface area contributed by atoms with Gasteiger partial charge in [-0.05, 0) is 30.7 Å². The molecule has 1 aromatic carbocycles. The molecule has 1 fully saturated rings. The van der Waals surface area contributed by atoms with E-state index < -0.39 is 11.8 Å². The van der Waals surface area contributed by atoms with Crippen LogP contribution in [0.2, 0.25) is 0 Å². The molecule has 0 aromatic heterocycles. The Morgan fingerprint density at radius 3 is 2.94 bits per heavy atom. The second-order valence-electron chi connectivity index (χ2n) is 4.48. The van der Waals surface area contributed by atoms with Gasteiger partial charge in [-0.3, -0.25) is 0 Å². The highest BCUT2D eigenvalue weighted by Crippen LogP contribution is 2.33. The van der Waals surface area contributed by atoms with E-state index in [0.29, 0.717) is 30.8 Å². The molecule has 94 valence electrons. The summed E-state index contributed by atoms with van der Waals surface area (Å²) in [6.07, 6.45) is 0.341. The number of methoxy groups -OCH3 is 1. The first kappa shape index (κ1) is 12.3. The summed E-state index contributed by atoms with van der Waals surface area (Å²) in [5.41, 5.74) is 0.626. The summed E-state index contributed by atoms with van der Waals surface area (Å²) in [5.74, 6) is -2.56. The molecule has 17 heavy (non-hydrogen) atoms. The molecule has 2 nitrogen and oxygen atoms in total. The molecule has 1 N–H and O–H groups in total. The third-order valence-corrected chi connectivity index (χ3v) is 3.23. The van der Waals surface area contributed by atoms with Gasteiger partial charge in [0.05, 0.1) is 7.11 Å². The molecule has 0 amide bonds. The van der Waals surface area contributed by atoms with Gasteiger partial charge in [0.2, 0.25) is 0 Å². The average Bonchev–Trinajstić information content (AvgIpc) is 2.83. The Labute approximate surface area is 100.0 Å². The lowest BCUT2D eigenvalue weighted by Crippen LogP contribution is -2.32. The van der Waals surface area contributed by atoms with Gasteiger partial charge in [0.25, 0.3) is 5.92 Å². The highest BCUT2D eigenvalue weighted by molar-refractivity contribution is 5.29. The largest absolute Gasteiger partial charge is 0.497 e. The fraction of sp³-hybridized carbons (Fsp3) is 0.538. The fourth-order valence-corrected chi connectivity index (χ4v) is 2.21. The van der Waals surface area contributed by atoms with Gasteiger partial charge in [-0.2, -0.15) is 0 Å². The van der Waals surface area contributed by atoms with Gasteiger partial charge in [0, 0.05) is 18.9 Å². The van der Waals surface area contributed by atoms with Crippen LogP contribution in [0.25, 0.3) is 0 Å². The molecule has 0 radical (unpaired) electrons. The second-order valence-corrected chi connectivity index (χ2v) is 4.48. The van der Waals surface area contributed by atoms with E-state index in [4.69, 9.17) is 4.74 Å². The van der Waals surface area contributed by atoms with Gasteiger partial charge < -0.3 is 10.1 Å². The minimum absolute atomic E-state index is 0.212. The van der Waals surface area contributed by atoms with E-state index >= 15 is 0 Å². The van der Waals surface area contributed by atoms with Crippen molar-refractivity contribution in [3.63, 3.8) is 0 Å². The topological polar surface area (TPSA) is 21.3 Å². The van der Waals surface area contributed by atoms with E-state index in [0.717, 1.165) is 0 Å². The Morgan fingerprint density at radius 1 is 1.47 bits per heavy atom. The number of alkyl halides is 2. The zero-order valence-electron chi connectivity index (χ0n) is 9.88. The molecule has 0 bridgehead atoms. The van der Waals surface area contributed by atoms with E-state index in [-0.39, 0.29) is 6.42 Å². The van der Waals surface area contributed by atoms with Crippen molar-refractivity contribution >= 4 is 0 Å². The highest BCUT2D eigenvalue weighted by atomic mass is 19.3. The zero-order valence-corrected chi connectivity index (χ0v) is 9.88. The molecule has 1 heterocycles. The summed E-state index contributed by atoms with van der Waals surface area (Å²) in [6.45, 7) is 1.11. The molecule has 1 aliphatic heterocycles. The van der Waals surface area contributed by atoms with E-state index in [9.17, 15) is 8.78 Å². The number of nitrogens with one attached hydrogen (secondary N) is 1. The van der Waals surface area contributed by atoms with Crippen molar-refractivity contribution in [1.82, 2.24) is 5.32 Å². The number of ether oxygens (including phenoxy) is 1. The summed E-state index contributed by atoms with van der Waals surface area (Å²) < 4.78 is 33.0. The lowest BCUT2D eigenvalue weighted by Gasteiger charge is -2.22. The van der Waals surface area contributed by atoms with Crippen LogP contribution in [0.3, 0.4) is 0 Å². The van der Waals surface area contributed by atoms with Crippen LogP contribution in [-0.2, 0) is 6.42 Å². The Balaban J connectivity index is 2.07. The Morgan fingerprint density at radius 2 is 2.29 bits per heavy atom. The second kappa shape index (κ2) is 5.00. The first-order valence-corrected chi connectivity index (χ1v) is 5.83. The lowest BCUT2D eigenvalue weighted by atomic mass is 9.94. The molecule has 0 aliphatic carbocycles. The molecule has 0 saturated carbocycles. The fourth-order valence-electron chi connectivity index (χ4n) is 2.21. The van der Waals surface area contributed by atoms with Gasteiger partial charge >= 0.3 is 0 Å². The summed E-state index contributed by atoms with van der Waals surface area (Å²) in [7, 11) is 1.54. The number of hydrogen-bond acceptors (Lipinski definition) is 2. The molecule has 1 aromatic rings. The highest BCUT2D eigenvalue weighted by Gasteiger charge is 2.40. The number of halogens is 2. The Hall–Kier alpha value is -1.16. The summed E-state index contributed by atoms with van der Waals surface area (Å²) >= 11 is 0. The molecule has 1 atom stereocenters. The predicted molar refractivity (Wildman–Crippen MR) is 62.6 cm³/mol. The smallest absolute Gasteiger partial charge is 0.256 e. The van der Waals surface area contributed by atoms with E-state index in [1.165, 1.54) is 7.11 Å². The minimum atomic E-state index is -2.64. The van der Waals surface area contributed by atoms with Crippen molar-refractivity contribution in [3.8, 4) is 5.75 Å². The van der Waals surface area contributed by atoms with Crippen molar-refractivity contribution in [2.24, 2.45) is 5.92 Å². The van der Waals surface area contributed by atoms with Crippen molar-refractivity contribution in [2.75, 3.05) is 20.2 Å². The summed E-state index contributed by atoms with van der Waals surface area (Å²) in [4.78, 5) is 0. The molecular weight excluding hydrogens is 224 g/mol. The van der Waals surface area contributed by atoms with Crippen LogP contribution in [0.5, 0.6) is 5.75 Å². The third-order valence-electron chi connectivity index (χ3n) is 3.23. The van der Waals surface area contributed by atoms with Crippen LogP contribution in [0.1, 0.15) is 12.0 Å². The van der Waals surface area contributed by atoms with Crippen molar-refractivity contribution < 1.29 is 13.5 Å². The maximum absolute atomic E-state index is 14.0. The van der Waals surface area contributed by atoms with Crippen LogP contribution in [0.4, 0.5) is 8.78 Å². The zero-order chi connectivity index (χ0) is 12.3. The molecule has 4 heteroatoms. The maximum Gasteiger partial charge on any atom is 0.256 e. The Bertz CT molecular complexity index is 375. The molecule has 1 aliphatic rings. The average molecular weight is 241 g/mol. The normalized spacial score (nSPS) is 20.5. The number of hydrogen-bond donors (Lipinski definition) is 1. The van der Waals surface area contributed by atoms with E-state index in [1.54, 1.807) is 24.3 Å². The maximum atomic E-state index is 14.0. The van der Waals surface area contributed by atoms with E-state index in [1.807, 2.05) is 0 Å². The molecule has 2 rings (SSSR count). The van der Waals surface area contributed by atoms with Gasteiger partial charge in [-0.15, -0.1) is 0 Å². The molecule has 1 saturated heterocycles. The molecule has 1 unspecified atom stereocenters. The van der Waals surface area contributed by atoms with Crippen LogP contribution in [-0.4, -0.2) is 26.1 Å². The lowest BCUT2D eigenvalue weighted by molar-refractivity contribution is -0.0499. The molecular formula is C13H17F2NO. The Kier molecular flexibility index (Phi) is 3.62. The minimum Gasteiger partial charge on any atom is -0.497 e. The van der Waals surface area contributed by atoms with Crippen LogP contribution in [0, 0.1) is 5.92 Å². The van der Waals surface area contributed by atoms with Crippen molar-refractivity contribution in [1.29, 1.82) is 0 Å². The van der Waals surface area contributed by atoms with Gasteiger partial charge in [0.1, 0.15) is 5.75 Å². The monoisotopic (exact) mass is 241 g/mol. The summed E-state index contributed by atoms with van der Waals surface area (Å²) in [5, 5.41) is 2.98. The quantitative estimate of drug-likeness (QED) is 0.874. The predicted octanol–water partition coefficient (Wildman–Crippen LogP) is 2.48. The summed E-state index contributed by atoms with van der Waals surface area (Å²) in [6, 6.07) is 6.91. The van der Waals surface area contributed by atoms with Crippen LogP contribution in [0.15, 0.2) is 24.3 Å². The first-order chi connectivity index (χ1) is 8.12. The SMILES string of the molecule is COc1cccc(CC(F)(F)C2CCNC2)c1. The van der Waals surface area contributed by atoms with Crippen molar-refractivity contribution in [2.45, 2.75) is 18.8 Å². The first-order valence-electron chi connectivity index (χ1n) is 5.83. The van der Waals surface area contributed by atoms with E-state index in [2.05, 4.69) is 5.32 Å².